The summed E-state index contributed by atoms with van der Waals surface area (Å²) in [5.74, 6) is 1.31. The van der Waals surface area contributed by atoms with Crippen LogP contribution in [0, 0.1) is 6.92 Å². The lowest BCUT2D eigenvalue weighted by Gasteiger charge is -2.32. The molecule has 0 saturated carbocycles. The molecule has 0 radical (unpaired) electrons. The number of nitrogens with zero attached hydrogens (tertiary/aromatic N) is 4. The molecule has 0 atom stereocenters. The highest BCUT2D eigenvalue weighted by atomic mass is 15.4. The zero-order valence-corrected chi connectivity index (χ0v) is 13.5. The summed E-state index contributed by atoms with van der Waals surface area (Å²) in [6.45, 7) is 7.28. The molecule has 0 aliphatic carbocycles. The van der Waals surface area contributed by atoms with Gasteiger partial charge in [-0.1, -0.05) is 31.2 Å². The first kappa shape index (κ1) is 15.0. The van der Waals surface area contributed by atoms with E-state index in [1.54, 1.807) is 0 Å². The van der Waals surface area contributed by atoms with Crippen molar-refractivity contribution in [2.45, 2.75) is 45.7 Å². The number of aryl methyl sites for hydroxylation is 2. The Morgan fingerprint density at radius 3 is 2.32 bits per heavy atom. The maximum Gasteiger partial charge on any atom is 0.218 e. The van der Waals surface area contributed by atoms with Gasteiger partial charge in [-0.05, 0) is 37.3 Å². The molecule has 22 heavy (non-hydrogen) atoms. The van der Waals surface area contributed by atoms with Gasteiger partial charge in [0.2, 0.25) is 5.95 Å². The van der Waals surface area contributed by atoms with Crippen LogP contribution in [0.3, 0.4) is 0 Å². The van der Waals surface area contributed by atoms with E-state index in [1.807, 2.05) is 11.6 Å². The van der Waals surface area contributed by atoms with E-state index in [1.165, 1.54) is 11.1 Å². The molecule has 5 heteroatoms. The first-order valence-electron chi connectivity index (χ1n) is 8.14. The lowest BCUT2D eigenvalue weighted by molar-refractivity contribution is 0.174. The Morgan fingerprint density at radius 1 is 1.14 bits per heavy atom. The van der Waals surface area contributed by atoms with Crippen molar-refractivity contribution in [2.75, 3.05) is 18.8 Å². The van der Waals surface area contributed by atoms with E-state index in [0.29, 0.717) is 12.0 Å². The Balaban J connectivity index is 1.56. The van der Waals surface area contributed by atoms with Gasteiger partial charge in [-0.15, -0.1) is 0 Å². The standard InChI is InChI=1S/C17H25N5/c1-3-14-4-6-15(7-5-14)12-21-10-8-16(9-11-21)22-17(18)19-13(2)20-22/h4-7,16H,3,8-12H2,1-2H3,(H2,18,19,20). The molecule has 2 heterocycles. The van der Waals surface area contributed by atoms with Crippen molar-refractivity contribution in [3.8, 4) is 0 Å². The van der Waals surface area contributed by atoms with Gasteiger partial charge < -0.3 is 5.73 Å². The monoisotopic (exact) mass is 299 g/mol. The molecule has 2 N–H and O–H groups in total. The molecule has 1 aromatic carbocycles. The summed E-state index contributed by atoms with van der Waals surface area (Å²) >= 11 is 0. The number of nitrogen functional groups attached to an aromatic ring is 1. The molecule has 3 rings (SSSR count). The van der Waals surface area contributed by atoms with Gasteiger partial charge in [-0.3, -0.25) is 4.90 Å². The molecule has 1 aliphatic heterocycles. The van der Waals surface area contributed by atoms with Gasteiger partial charge in [0.25, 0.3) is 0 Å². The Kier molecular flexibility index (Phi) is 4.43. The topological polar surface area (TPSA) is 60.0 Å². The SMILES string of the molecule is CCc1ccc(CN2CCC(n3nc(C)nc3N)CC2)cc1. The average molecular weight is 299 g/mol. The van der Waals surface area contributed by atoms with Gasteiger partial charge in [0.1, 0.15) is 5.82 Å². The molecule has 118 valence electrons. The van der Waals surface area contributed by atoms with Crippen LogP contribution >= 0.6 is 0 Å². The minimum absolute atomic E-state index is 0.389. The molecule has 5 nitrogen and oxygen atoms in total. The number of likely N-dealkylation sites (tertiary alicyclic amines) is 1. The van der Waals surface area contributed by atoms with Gasteiger partial charge in [-0.25, -0.2) is 4.68 Å². The second-order valence-electron chi connectivity index (χ2n) is 6.14. The van der Waals surface area contributed by atoms with E-state index < -0.39 is 0 Å². The summed E-state index contributed by atoms with van der Waals surface area (Å²) in [5, 5.41) is 4.42. The maximum atomic E-state index is 5.93. The van der Waals surface area contributed by atoms with E-state index in [-0.39, 0.29) is 0 Å². The van der Waals surface area contributed by atoms with Crippen LogP contribution in [0.25, 0.3) is 0 Å². The van der Waals surface area contributed by atoms with Crippen LogP contribution < -0.4 is 5.73 Å². The first-order valence-corrected chi connectivity index (χ1v) is 8.14. The van der Waals surface area contributed by atoms with Crippen molar-refractivity contribution in [1.82, 2.24) is 19.7 Å². The molecule has 1 saturated heterocycles. The summed E-state index contributed by atoms with van der Waals surface area (Å²) in [5.41, 5.74) is 8.73. The highest BCUT2D eigenvalue weighted by Crippen LogP contribution is 2.24. The van der Waals surface area contributed by atoms with Crippen LogP contribution in [0.15, 0.2) is 24.3 Å². The number of nitrogens with two attached hydrogens (primary N) is 1. The van der Waals surface area contributed by atoms with Gasteiger partial charge in [-0.2, -0.15) is 10.1 Å². The maximum absolute atomic E-state index is 5.93. The van der Waals surface area contributed by atoms with Crippen LogP contribution in [0.1, 0.15) is 42.8 Å². The predicted octanol–water partition coefficient (Wildman–Crippen LogP) is 2.57. The molecular weight excluding hydrogens is 274 g/mol. The summed E-state index contributed by atoms with van der Waals surface area (Å²) in [7, 11) is 0. The molecule has 0 spiro atoms. The highest BCUT2D eigenvalue weighted by Gasteiger charge is 2.23. The normalized spacial score (nSPS) is 17.0. The van der Waals surface area contributed by atoms with Crippen LogP contribution in [0.5, 0.6) is 0 Å². The smallest absolute Gasteiger partial charge is 0.218 e. The number of hydrogen-bond acceptors (Lipinski definition) is 4. The third-order valence-electron chi connectivity index (χ3n) is 4.50. The molecule has 1 aliphatic rings. The number of anilines is 1. The van der Waals surface area contributed by atoms with E-state index in [9.17, 15) is 0 Å². The van der Waals surface area contributed by atoms with Gasteiger partial charge in [0.15, 0.2) is 0 Å². The van der Waals surface area contributed by atoms with E-state index in [4.69, 9.17) is 5.73 Å². The van der Waals surface area contributed by atoms with E-state index in [2.05, 4.69) is 46.2 Å². The van der Waals surface area contributed by atoms with Gasteiger partial charge in [0, 0.05) is 19.6 Å². The second-order valence-corrected chi connectivity index (χ2v) is 6.14. The Morgan fingerprint density at radius 2 is 1.77 bits per heavy atom. The van der Waals surface area contributed by atoms with Crippen LogP contribution in [0.2, 0.25) is 0 Å². The van der Waals surface area contributed by atoms with Crippen molar-refractivity contribution in [3.05, 3.63) is 41.2 Å². The van der Waals surface area contributed by atoms with E-state index >= 15 is 0 Å². The largest absolute Gasteiger partial charge is 0.368 e. The second kappa shape index (κ2) is 6.48. The zero-order chi connectivity index (χ0) is 15.5. The van der Waals surface area contributed by atoms with Crippen molar-refractivity contribution in [2.24, 2.45) is 0 Å². The first-order chi connectivity index (χ1) is 10.7. The van der Waals surface area contributed by atoms with Crippen molar-refractivity contribution >= 4 is 5.95 Å². The highest BCUT2D eigenvalue weighted by molar-refractivity contribution is 5.22. The molecule has 2 aromatic rings. The third-order valence-corrected chi connectivity index (χ3v) is 4.50. The average Bonchev–Trinajstić information content (AvgIpc) is 2.87. The Labute approximate surface area is 132 Å². The van der Waals surface area contributed by atoms with Crippen molar-refractivity contribution in [1.29, 1.82) is 0 Å². The molecule has 1 aromatic heterocycles. The van der Waals surface area contributed by atoms with Crippen molar-refractivity contribution < 1.29 is 0 Å². The fourth-order valence-electron chi connectivity index (χ4n) is 3.18. The lowest BCUT2D eigenvalue weighted by atomic mass is 10.0. The summed E-state index contributed by atoms with van der Waals surface area (Å²) in [4.78, 5) is 6.72. The number of piperidine rings is 1. The summed E-state index contributed by atoms with van der Waals surface area (Å²) < 4.78 is 1.91. The number of rotatable bonds is 4. The van der Waals surface area contributed by atoms with Gasteiger partial charge >= 0.3 is 0 Å². The molecule has 1 fully saturated rings. The Bertz CT molecular complexity index is 608. The fourth-order valence-corrected chi connectivity index (χ4v) is 3.18. The minimum atomic E-state index is 0.389. The minimum Gasteiger partial charge on any atom is -0.368 e. The fraction of sp³-hybridized carbons (Fsp3) is 0.529. The van der Waals surface area contributed by atoms with Crippen molar-refractivity contribution in [3.63, 3.8) is 0 Å². The molecule has 0 bridgehead atoms. The van der Waals surface area contributed by atoms with Gasteiger partial charge in [0.05, 0.1) is 6.04 Å². The predicted molar refractivity (Wildman–Crippen MR) is 88.5 cm³/mol. The zero-order valence-electron chi connectivity index (χ0n) is 13.5. The summed E-state index contributed by atoms with van der Waals surface area (Å²) in [6, 6.07) is 9.37. The number of benzene rings is 1. The summed E-state index contributed by atoms with van der Waals surface area (Å²) in [6.07, 6.45) is 3.27. The third kappa shape index (κ3) is 3.30. The molecular formula is C17H25N5. The quantitative estimate of drug-likeness (QED) is 0.942. The number of aromatic nitrogens is 3. The van der Waals surface area contributed by atoms with Crippen LogP contribution in [-0.2, 0) is 13.0 Å². The van der Waals surface area contributed by atoms with Crippen LogP contribution in [0.4, 0.5) is 5.95 Å². The van der Waals surface area contributed by atoms with Crippen LogP contribution in [-0.4, -0.2) is 32.8 Å². The molecule has 0 amide bonds. The number of hydrogen-bond donors (Lipinski definition) is 1. The van der Waals surface area contributed by atoms with E-state index in [0.717, 1.165) is 44.7 Å². The Hall–Kier alpha value is -1.88. The lowest BCUT2D eigenvalue weighted by Crippen LogP contribution is -2.34. The molecule has 0 unspecified atom stereocenters.